The minimum absolute atomic E-state index is 0.0366. The topological polar surface area (TPSA) is 82.9 Å². The molecule has 3 aliphatic rings. The minimum atomic E-state index is -0.512. The standard InChI is InChI=1S/C30H38N6O3/c1-19-14-34(24-13-26(37)33(6)27-23(24)8-7-11-31-27)16-25-22-10-9-21(12-20(22)15-36(19)25)35-17-30(5,18-35)32-28(38)39-29(2,3)4/h7-13,19,25H,14-18H2,1-6H3,(H,32,38)/t19-,25?/m1/s1. The van der Waals surface area contributed by atoms with Crippen LogP contribution in [0.5, 0.6) is 0 Å². The maximum atomic E-state index is 12.8. The van der Waals surface area contributed by atoms with Crippen molar-refractivity contribution in [1.82, 2.24) is 19.8 Å². The van der Waals surface area contributed by atoms with E-state index in [1.165, 1.54) is 16.8 Å². The fourth-order valence-electron chi connectivity index (χ4n) is 6.44. The molecule has 2 atom stereocenters. The van der Waals surface area contributed by atoms with Crippen molar-refractivity contribution in [1.29, 1.82) is 0 Å². The molecule has 39 heavy (non-hydrogen) atoms. The molecule has 1 aromatic carbocycles. The summed E-state index contributed by atoms with van der Waals surface area (Å²) in [7, 11) is 1.78. The molecule has 0 bridgehead atoms. The van der Waals surface area contributed by atoms with Crippen LogP contribution in [0, 0.1) is 0 Å². The highest BCUT2D eigenvalue weighted by Gasteiger charge is 2.43. The number of carbonyl (C=O) groups excluding carboxylic acids is 1. The van der Waals surface area contributed by atoms with E-state index in [1.54, 1.807) is 23.9 Å². The predicted molar refractivity (Wildman–Crippen MR) is 153 cm³/mol. The number of nitrogens with zero attached hydrogens (tertiary/aromatic N) is 5. The number of piperazine rings is 1. The molecular formula is C30H38N6O3. The molecule has 2 saturated heterocycles. The number of nitrogens with one attached hydrogen (secondary N) is 1. The Bertz CT molecular complexity index is 1500. The summed E-state index contributed by atoms with van der Waals surface area (Å²) in [6.45, 7) is 14.1. The largest absolute Gasteiger partial charge is 0.444 e. The van der Waals surface area contributed by atoms with E-state index in [0.717, 1.165) is 43.8 Å². The molecule has 3 aliphatic heterocycles. The molecule has 1 amide bonds. The van der Waals surface area contributed by atoms with Gasteiger partial charge in [-0.1, -0.05) is 6.07 Å². The first-order valence-electron chi connectivity index (χ1n) is 13.8. The van der Waals surface area contributed by atoms with Crippen LogP contribution in [0.2, 0.25) is 0 Å². The number of ether oxygens (including phenoxy) is 1. The van der Waals surface area contributed by atoms with E-state index >= 15 is 0 Å². The first-order valence-corrected chi connectivity index (χ1v) is 13.8. The van der Waals surface area contributed by atoms with Gasteiger partial charge in [-0.15, -0.1) is 0 Å². The van der Waals surface area contributed by atoms with Gasteiger partial charge in [-0.05, 0) is 70.0 Å². The third-order valence-corrected chi connectivity index (χ3v) is 8.24. The second kappa shape index (κ2) is 8.98. The molecule has 1 unspecified atom stereocenters. The number of aryl methyl sites for hydroxylation is 1. The van der Waals surface area contributed by atoms with E-state index in [0.29, 0.717) is 11.7 Å². The molecule has 0 spiro atoms. The van der Waals surface area contributed by atoms with Crippen molar-refractivity contribution >= 4 is 28.5 Å². The summed E-state index contributed by atoms with van der Waals surface area (Å²) in [5.41, 5.74) is 4.73. The average molecular weight is 531 g/mol. The lowest BCUT2D eigenvalue weighted by atomic mass is 9.91. The second-order valence-electron chi connectivity index (χ2n) is 12.7. The van der Waals surface area contributed by atoms with Gasteiger partial charge >= 0.3 is 6.09 Å². The number of rotatable bonds is 3. The molecule has 1 N–H and O–H groups in total. The van der Waals surface area contributed by atoms with Crippen molar-refractivity contribution in [3.8, 4) is 0 Å². The van der Waals surface area contributed by atoms with Crippen molar-refractivity contribution in [2.45, 2.75) is 64.4 Å². The van der Waals surface area contributed by atoms with Crippen LogP contribution >= 0.6 is 0 Å². The summed E-state index contributed by atoms with van der Waals surface area (Å²) in [5, 5.41) is 4.05. The van der Waals surface area contributed by atoms with Crippen LogP contribution in [0.25, 0.3) is 11.0 Å². The van der Waals surface area contributed by atoms with Gasteiger partial charge in [0.2, 0.25) is 0 Å². The highest BCUT2D eigenvalue weighted by Crippen LogP contribution is 2.42. The Labute approximate surface area is 229 Å². The van der Waals surface area contributed by atoms with Crippen molar-refractivity contribution < 1.29 is 9.53 Å². The van der Waals surface area contributed by atoms with Crippen LogP contribution in [0.15, 0.2) is 47.4 Å². The van der Waals surface area contributed by atoms with Gasteiger partial charge in [0, 0.05) is 69.2 Å². The summed E-state index contributed by atoms with van der Waals surface area (Å²) >= 11 is 0. The fraction of sp³-hybridized carbons (Fsp3) is 0.500. The average Bonchev–Trinajstić information content (AvgIpc) is 3.22. The highest BCUT2D eigenvalue weighted by molar-refractivity contribution is 5.89. The molecule has 2 fully saturated rings. The van der Waals surface area contributed by atoms with Crippen LogP contribution in [0.3, 0.4) is 0 Å². The maximum Gasteiger partial charge on any atom is 0.408 e. The van der Waals surface area contributed by atoms with E-state index in [2.05, 4.69) is 63.1 Å². The zero-order valence-electron chi connectivity index (χ0n) is 23.7. The van der Waals surface area contributed by atoms with Gasteiger partial charge in [0.25, 0.3) is 5.56 Å². The quantitative estimate of drug-likeness (QED) is 0.552. The number of hydrogen-bond acceptors (Lipinski definition) is 7. The minimum Gasteiger partial charge on any atom is -0.444 e. The smallest absolute Gasteiger partial charge is 0.408 e. The highest BCUT2D eigenvalue weighted by atomic mass is 16.6. The summed E-state index contributed by atoms with van der Waals surface area (Å²) in [6.07, 6.45) is 1.37. The first-order chi connectivity index (χ1) is 18.4. The number of aromatic nitrogens is 2. The van der Waals surface area contributed by atoms with Crippen LogP contribution in [0.1, 0.15) is 51.8 Å². The van der Waals surface area contributed by atoms with Gasteiger partial charge in [0.15, 0.2) is 0 Å². The molecule has 206 valence electrons. The summed E-state index contributed by atoms with van der Waals surface area (Å²) in [5.74, 6) is 0. The van der Waals surface area contributed by atoms with E-state index in [9.17, 15) is 9.59 Å². The Morgan fingerprint density at radius 2 is 1.90 bits per heavy atom. The lowest BCUT2D eigenvalue weighted by Gasteiger charge is -2.49. The number of hydrogen-bond donors (Lipinski definition) is 1. The van der Waals surface area contributed by atoms with Crippen molar-refractivity contribution in [2.75, 3.05) is 36.0 Å². The van der Waals surface area contributed by atoms with Crippen molar-refractivity contribution in [3.05, 3.63) is 64.1 Å². The third kappa shape index (κ3) is 4.62. The van der Waals surface area contributed by atoms with Crippen LogP contribution in [-0.2, 0) is 18.3 Å². The normalized spacial score (nSPS) is 22.3. The molecular weight excluding hydrogens is 492 g/mol. The van der Waals surface area contributed by atoms with Gasteiger partial charge in [0.1, 0.15) is 11.2 Å². The fourth-order valence-corrected chi connectivity index (χ4v) is 6.44. The van der Waals surface area contributed by atoms with Gasteiger partial charge in [-0.2, -0.15) is 0 Å². The second-order valence-corrected chi connectivity index (χ2v) is 12.7. The van der Waals surface area contributed by atoms with E-state index < -0.39 is 5.60 Å². The Morgan fingerprint density at radius 3 is 2.64 bits per heavy atom. The van der Waals surface area contributed by atoms with Gasteiger partial charge in [0.05, 0.1) is 17.3 Å². The number of anilines is 2. The van der Waals surface area contributed by atoms with Gasteiger partial charge in [-0.25, -0.2) is 9.78 Å². The number of carbonyl (C=O) groups is 1. The number of amides is 1. The zero-order valence-corrected chi connectivity index (χ0v) is 23.7. The molecule has 0 saturated carbocycles. The Hall–Kier alpha value is -3.59. The summed E-state index contributed by atoms with van der Waals surface area (Å²) in [4.78, 5) is 36.8. The first kappa shape index (κ1) is 25.7. The number of alkyl carbamates (subject to hydrolysis) is 1. The summed E-state index contributed by atoms with van der Waals surface area (Å²) < 4.78 is 7.07. The Balaban J connectivity index is 1.20. The molecule has 0 aliphatic carbocycles. The number of fused-ring (bicyclic) bond motifs is 4. The predicted octanol–water partition coefficient (Wildman–Crippen LogP) is 3.80. The van der Waals surface area contributed by atoms with E-state index in [4.69, 9.17) is 4.74 Å². The molecule has 3 aromatic rings. The molecule has 5 heterocycles. The van der Waals surface area contributed by atoms with Crippen LogP contribution in [-0.4, -0.2) is 63.9 Å². The molecule has 9 nitrogen and oxygen atoms in total. The Kier molecular flexibility index (Phi) is 5.91. The molecule has 2 aromatic heterocycles. The Morgan fingerprint density at radius 1 is 1.13 bits per heavy atom. The van der Waals surface area contributed by atoms with Crippen molar-refractivity contribution in [3.63, 3.8) is 0 Å². The SMILES string of the molecule is C[C@@H]1CN(c2cc(=O)n(C)c3ncccc23)CC2c3ccc(N4CC(C)(NC(=O)OC(C)(C)C)C4)cc3CN21. The zero-order chi connectivity index (χ0) is 27.7. The summed E-state index contributed by atoms with van der Waals surface area (Å²) in [6, 6.07) is 13.1. The van der Waals surface area contributed by atoms with Crippen LogP contribution < -0.4 is 20.7 Å². The van der Waals surface area contributed by atoms with Crippen LogP contribution in [0.4, 0.5) is 16.2 Å². The molecule has 6 rings (SSSR count). The van der Waals surface area contributed by atoms with E-state index in [1.807, 2.05) is 26.8 Å². The molecule has 9 heteroatoms. The third-order valence-electron chi connectivity index (χ3n) is 8.24. The lowest BCUT2D eigenvalue weighted by molar-refractivity contribution is 0.0445. The maximum absolute atomic E-state index is 12.8. The van der Waals surface area contributed by atoms with Crippen molar-refractivity contribution in [2.24, 2.45) is 7.05 Å². The monoisotopic (exact) mass is 530 g/mol. The van der Waals surface area contributed by atoms with Gasteiger partial charge < -0.3 is 19.9 Å². The molecule has 0 radical (unpaired) electrons. The van der Waals surface area contributed by atoms with E-state index in [-0.39, 0.29) is 23.2 Å². The number of benzene rings is 1. The lowest BCUT2D eigenvalue weighted by Crippen LogP contribution is -2.69. The van der Waals surface area contributed by atoms with Gasteiger partial charge in [-0.3, -0.25) is 14.3 Å². The number of pyridine rings is 2.